The molecule has 1 aliphatic heterocycles. The van der Waals surface area contributed by atoms with E-state index in [1.165, 1.54) is 12.1 Å². The van der Waals surface area contributed by atoms with E-state index < -0.39 is 16.4 Å². The van der Waals surface area contributed by atoms with Crippen molar-refractivity contribution in [2.45, 2.75) is 12.5 Å². The molecule has 0 aromatic heterocycles. The van der Waals surface area contributed by atoms with Gasteiger partial charge in [0.2, 0.25) is 0 Å². The van der Waals surface area contributed by atoms with Gasteiger partial charge in [0.25, 0.3) is 0 Å². The molecule has 6 nitrogen and oxygen atoms in total. The Morgan fingerprint density at radius 1 is 0.765 bits per heavy atom. The summed E-state index contributed by atoms with van der Waals surface area (Å²) in [5, 5.41) is 0. The van der Waals surface area contributed by atoms with Gasteiger partial charge in [-0.1, -0.05) is 66.7 Å². The number of ketones is 1. The van der Waals surface area contributed by atoms with Crippen molar-refractivity contribution in [1.29, 1.82) is 0 Å². The zero-order chi connectivity index (χ0) is 23.5. The standard InChI is InChI=1S/C27H21NO5S/c29-25-19-26(20-10-4-1-5-11-20)32-27-18-23(16-17-24(25)27)33-34(30,31)28(21-12-6-2-7-13-21)22-14-8-3-9-15-22/h1-18,26H,19H2/t26-/m1/s1. The number of hydrogen-bond acceptors (Lipinski definition) is 5. The number of anilines is 2. The van der Waals surface area contributed by atoms with Crippen LogP contribution in [-0.4, -0.2) is 14.2 Å². The molecule has 1 atom stereocenters. The summed E-state index contributed by atoms with van der Waals surface area (Å²) in [6, 6.07) is 31.3. The predicted octanol–water partition coefficient (Wildman–Crippen LogP) is 5.86. The number of fused-ring (bicyclic) bond motifs is 1. The zero-order valence-corrected chi connectivity index (χ0v) is 18.9. The van der Waals surface area contributed by atoms with E-state index in [0.717, 1.165) is 9.87 Å². The highest BCUT2D eigenvalue weighted by Gasteiger charge is 2.30. The van der Waals surface area contributed by atoms with Gasteiger partial charge in [-0.05, 0) is 42.0 Å². The van der Waals surface area contributed by atoms with Crippen LogP contribution in [0.5, 0.6) is 11.5 Å². The maximum Gasteiger partial charge on any atom is 0.414 e. The Morgan fingerprint density at radius 3 is 1.91 bits per heavy atom. The number of hydrogen-bond donors (Lipinski definition) is 0. The van der Waals surface area contributed by atoms with Crippen molar-refractivity contribution in [2.24, 2.45) is 0 Å². The topological polar surface area (TPSA) is 72.9 Å². The number of rotatable bonds is 6. The molecular formula is C27H21NO5S. The van der Waals surface area contributed by atoms with Crippen molar-refractivity contribution >= 4 is 27.5 Å². The Hall–Kier alpha value is -4.10. The van der Waals surface area contributed by atoms with Crippen LogP contribution in [0.15, 0.2) is 109 Å². The first-order valence-corrected chi connectivity index (χ1v) is 12.1. The molecule has 1 aliphatic rings. The van der Waals surface area contributed by atoms with Gasteiger partial charge in [-0.2, -0.15) is 8.42 Å². The molecule has 4 aromatic rings. The lowest BCUT2D eigenvalue weighted by atomic mass is 9.96. The Balaban J connectivity index is 1.47. The fraction of sp³-hybridized carbons (Fsp3) is 0.0741. The van der Waals surface area contributed by atoms with Crippen LogP contribution >= 0.6 is 0 Å². The molecule has 7 heteroatoms. The van der Waals surface area contributed by atoms with E-state index in [2.05, 4.69) is 0 Å². The van der Waals surface area contributed by atoms with Gasteiger partial charge in [-0.25, -0.2) is 4.31 Å². The van der Waals surface area contributed by atoms with Crippen LogP contribution in [0, 0.1) is 0 Å². The second kappa shape index (κ2) is 9.03. The third-order valence-electron chi connectivity index (χ3n) is 5.47. The molecule has 34 heavy (non-hydrogen) atoms. The fourth-order valence-electron chi connectivity index (χ4n) is 3.90. The van der Waals surface area contributed by atoms with Gasteiger partial charge in [-0.15, -0.1) is 0 Å². The van der Waals surface area contributed by atoms with Crippen LogP contribution in [0.3, 0.4) is 0 Å². The molecule has 0 fully saturated rings. The van der Waals surface area contributed by atoms with Crippen molar-refractivity contribution in [1.82, 2.24) is 0 Å². The van der Waals surface area contributed by atoms with Crippen LogP contribution in [0.2, 0.25) is 0 Å². The van der Waals surface area contributed by atoms with E-state index in [1.807, 2.05) is 30.3 Å². The fourth-order valence-corrected chi connectivity index (χ4v) is 5.08. The molecule has 5 rings (SSSR count). The highest BCUT2D eigenvalue weighted by atomic mass is 32.2. The van der Waals surface area contributed by atoms with Gasteiger partial charge in [0, 0.05) is 6.07 Å². The molecule has 0 saturated heterocycles. The summed E-state index contributed by atoms with van der Waals surface area (Å²) in [6.07, 6.45) is -0.233. The summed E-state index contributed by atoms with van der Waals surface area (Å²) in [6.45, 7) is 0. The maximum atomic E-state index is 13.4. The van der Waals surface area contributed by atoms with Crippen molar-refractivity contribution in [3.8, 4) is 11.5 Å². The Labute approximate surface area is 198 Å². The molecule has 0 radical (unpaired) electrons. The summed E-state index contributed by atoms with van der Waals surface area (Å²) >= 11 is 0. The van der Waals surface area contributed by atoms with E-state index in [4.69, 9.17) is 8.92 Å². The lowest BCUT2D eigenvalue weighted by molar-refractivity contribution is 0.0850. The average Bonchev–Trinajstić information content (AvgIpc) is 2.85. The molecule has 4 aromatic carbocycles. The highest BCUT2D eigenvalue weighted by molar-refractivity contribution is 7.88. The summed E-state index contributed by atoms with van der Waals surface area (Å²) in [4.78, 5) is 12.7. The third kappa shape index (κ3) is 4.38. The first kappa shape index (κ1) is 21.7. The van der Waals surface area contributed by atoms with Gasteiger partial charge in [-0.3, -0.25) is 4.79 Å². The molecule has 0 spiro atoms. The lowest BCUT2D eigenvalue weighted by Crippen LogP contribution is -2.30. The predicted molar refractivity (Wildman–Crippen MR) is 130 cm³/mol. The first-order chi connectivity index (χ1) is 16.5. The number of para-hydroxylation sites is 2. The number of ether oxygens (including phenoxy) is 1. The Morgan fingerprint density at radius 2 is 1.32 bits per heavy atom. The van der Waals surface area contributed by atoms with Crippen molar-refractivity contribution in [2.75, 3.05) is 4.31 Å². The monoisotopic (exact) mass is 471 g/mol. The average molecular weight is 472 g/mol. The molecule has 0 saturated carbocycles. The van der Waals surface area contributed by atoms with Gasteiger partial charge < -0.3 is 8.92 Å². The van der Waals surface area contributed by atoms with Crippen LogP contribution in [0.1, 0.15) is 28.4 Å². The second-order valence-electron chi connectivity index (χ2n) is 7.78. The van der Waals surface area contributed by atoms with Crippen molar-refractivity contribution in [3.63, 3.8) is 0 Å². The molecule has 0 N–H and O–H groups in total. The molecular weight excluding hydrogens is 450 g/mol. The van der Waals surface area contributed by atoms with E-state index in [1.54, 1.807) is 66.7 Å². The SMILES string of the molecule is O=C1C[C@H](c2ccccc2)Oc2cc(OS(=O)(=O)N(c3ccccc3)c3ccccc3)ccc21. The number of Topliss-reactive ketones (excluding diaryl/α,β-unsaturated/α-hetero) is 1. The maximum absolute atomic E-state index is 13.4. The van der Waals surface area contributed by atoms with Gasteiger partial charge in [0.1, 0.15) is 17.6 Å². The summed E-state index contributed by atoms with van der Waals surface area (Å²) in [7, 11) is -4.29. The van der Waals surface area contributed by atoms with Gasteiger partial charge >= 0.3 is 10.3 Å². The minimum absolute atomic E-state index is 0.0529. The van der Waals surface area contributed by atoms with Gasteiger partial charge in [0.05, 0.1) is 23.4 Å². The van der Waals surface area contributed by atoms with E-state index in [-0.39, 0.29) is 18.0 Å². The molecule has 1 heterocycles. The molecule has 0 unspecified atom stereocenters. The molecule has 170 valence electrons. The summed E-state index contributed by atoms with van der Waals surface area (Å²) < 4.78 is 39.5. The van der Waals surface area contributed by atoms with Crippen LogP contribution in [0.25, 0.3) is 0 Å². The zero-order valence-electron chi connectivity index (χ0n) is 18.1. The second-order valence-corrected chi connectivity index (χ2v) is 9.17. The Kier molecular flexibility index (Phi) is 5.77. The quantitative estimate of drug-likeness (QED) is 0.352. The summed E-state index contributed by atoms with van der Waals surface area (Å²) in [5.41, 5.74) is 2.14. The van der Waals surface area contributed by atoms with E-state index in [9.17, 15) is 13.2 Å². The summed E-state index contributed by atoms with van der Waals surface area (Å²) in [5.74, 6) is 0.278. The van der Waals surface area contributed by atoms with E-state index in [0.29, 0.717) is 22.7 Å². The largest absolute Gasteiger partial charge is 0.484 e. The minimum atomic E-state index is -4.29. The number of carbonyl (C=O) groups excluding carboxylic acids is 1. The number of carbonyl (C=O) groups is 1. The lowest BCUT2D eigenvalue weighted by Gasteiger charge is -2.27. The van der Waals surface area contributed by atoms with Gasteiger partial charge in [0.15, 0.2) is 5.78 Å². The molecule has 0 bridgehead atoms. The highest BCUT2D eigenvalue weighted by Crippen LogP contribution is 2.38. The molecule has 0 aliphatic carbocycles. The Bertz CT molecular complexity index is 1370. The smallest absolute Gasteiger partial charge is 0.414 e. The van der Waals surface area contributed by atoms with Crippen molar-refractivity contribution in [3.05, 3.63) is 120 Å². The molecule has 0 amide bonds. The first-order valence-electron chi connectivity index (χ1n) is 10.7. The number of nitrogens with zero attached hydrogens (tertiary/aromatic N) is 1. The minimum Gasteiger partial charge on any atom is -0.484 e. The van der Waals surface area contributed by atoms with E-state index >= 15 is 0 Å². The normalized spacial score (nSPS) is 15.2. The van der Waals surface area contributed by atoms with Crippen molar-refractivity contribution < 1.29 is 22.1 Å². The number of benzene rings is 4. The van der Waals surface area contributed by atoms with Crippen LogP contribution in [-0.2, 0) is 10.3 Å². The van der Waals surface area contributed by atoms with Crippen LogP contribution in [0.4, 0.5) is 11.4 Å². The van der Waals surface area contributed by atoms with Crippen LogP contribution < -0.4 is 13.2 Å². The third-order valence-corrected chi connectivity index (χ3v) is 6.74.